The molecule has 19 heavy (non-hydrogen) atoms. The summed E-state index contributed by atoms with van der Waals surface area (Å²) in [4.78, 5) is 14.4. The number of amides is 1. The number of carbonyl (C=O) groups excluding carboxylic acids is 1. The van der Waals surface area contributed by atoms with Crippen molar-refractivity contribution < 1.29 is 9.53 Å². The van der Waals surface area contributed by atoms with E-state index in [-0.39, 0.29) is 5.91 Å². The maximum atomic E-state index is 12.5. The lowest BCUT2D eigenvalue weighted by Gasteiger charge is -2.22. The summed E-state index contributed by atoms with van der Waals surface area (Å²) >= 11 is 3.42. The lowest BCUT2D eigenvalue weighted by atomic mass is 10.1. The number of halogens is 1. The largest absolute Gasteiger partial charge is 0.372 e. The van der Waals surface area contributed by atoms with Gasteiger partial charge in [0.15, 0.2) is 0 Å². The third kappa shape index (κ3) is 3.57. The first-order valence-electron chi connectivity index (χ1n) is 6.81. The number of alkyl halides is 1. The minimum absolute atomic E-state index is 0.127. The van der Waals surface area contributed by atoms with Gasteiger partial charge in [-0.15, -0.1) is 0 Å². The van der Waals surface area contributed by atoms with Crippen LogP contribution in [0.1, 0.15) is 41.3 Å². The monoisotopic (exact) mass is 325 g/mol. The molecular formula is C15H20BrNO2. The molecule has 0 bridgehead atoms. The summed E-state index contributed by atoms with van der Waals surface area (Å²) in [5.41, 5.74) is 3.14. The first kappa shape index (κ1) is 14.5. The number of ether oxygens (including phenoxy) is 1. The van der Waals surface area contributed by atoms with Crippen molar-refractivity contribution in [2.75, 3.05) is 18.4 Å². The highest BCUT2D eigenvalue weighted by Gasteiger charge is 2.18. The van der Waals surface area contributed by atoms with Crippen LogP contribution in [-0.4, -0.2) is 29.2 Å². The van der Waals surface area contributed by atoms with Crippen LogP contribution in [0.5, 0.6) is 0 Å². The summed E-state index contributed by atoms with van der Waals surface area (Å²) < 4.78 is 5.39. The van der Waals surface area contributed by atoms with Gasteiger partial charge < -0.3 is 9.64 Å². The second kappa shape index (κ2) is 7.06. The molecule has 0 aliphatic carbocycles. The van der Waals surface area contributed by atoms with Gasteiger partial charge in [0.05, 0.1) is 13.2 Å². The maximum Gasteiger partial charge on any atom is 0.253 e. The molecule has 0 saturated heterocycles. The number of nitrogens with zero attached hydrogens (tertiary/aromatic N) is 1. The van der Waals surface area contributed by atoms with E-state index in [1.165, 1.54) is 5.56 Å². The van der Waals surface area contributed by atoms with Crippen LogP contribution >= 0.6 is 15.9 Å². The molecule has 1 aromatic carbocycles. The van der Waals surface area contributed by atoms with E-state index in [1.807, 2.05) is 23.1 Å². The summed E-state index contributed by atoms with van der Waals surface area (Å²) in [6.07, 6.45) is 2.15. The van der Waals surface area contributed by atoms with Crippen LogP contribution < -0.4 is 0 Å². The van der Waals surface area contributed by atoms with Crippen molar-refractivity contribution in [2.24, 2.45) is 0 Å². The average molecular weight is 326 g/mol. The van der Waals surface area contributed by atoms with Crippen LogP contribution in [0.3, 0.4) is 0 Å². The molecule has 1 amide bonds. The summed E-state index contributed by atoms with van der Waals surface area (Å²) in [6, 6.07) is 5.92. The highest BCUT2D eigenvalue weighted by atomic mass is 79.9. The van der Waals surface area contributed by atoms with Crippen molar-refractivity contribution in [1.82, 2.24) is 4.90 Å². The Balaban J connectivity index is 2.11. The zero-order valence-corrected chi connectivity index (χ0v) is 12.9. The Morgan fingerprint density at radius 1 is 1.32 bits per heavy atom. The Kier molecular flexibility index (Phi) is 5.40. The highest BCUT2D eigenvalue weighted by Crippen LogP contribution is 2.21. The fraction of sp³-hybridized carbons (Fsp3) is 0.533. The number of hydrogen-bond donors (Lipinski definition) is 0. The molecule has 1 heterocycles. The predicted octanol–water partition coefficient (Wildman–Crippen LogP) is 3.35. The average Bonchev–Trinajstić information content (AvgIpc) is 2.90. The highest BCUT2D eigenvalue weighted by molar-refractivity contribution is 9.09. The van der Waals surface area contributed by atoms with Gasteiger partial charge in [-0.25, -0.2) is 0 Å². The quantitative estimate of drug-likeness (QED) is 0.750. The van der Waals surface area contributed by atoms with Gasteiger partial charge in [0.2, 0.25) is 0 Å². The van der Waals surface area contributed by atoms with Gasteiger partial charge in [0, 0.05) is 24.0 Å². The van der Waals surface area contributed by atoms with Crippen molar-refractivity contribution in [2.45, 2.75) is 33.0 Å². The zero-order valence-electron chi connectivity index (χ0n) is 11.3. The van der Waals surface area contributed by atoms with E-state index in [9.17, 15) is 4.79 Å². The van der Waals surface area contributed by atoms with Crippen LogP contribution in [-0.2, 0) is 18.0 Å². The molecule has 0 unspecified atom stereocenters. The molecule has 0 N–H and O–H groups in total. The SMILES string of the molecule is CCCCN(CCBr)C(=O)c1ccc2c(c1)COC2. The first-order valence-corrected chi connectivity index (χ1v) is 7.93. The van der Waals surface area contributed by atoms with Crippen LogP contribution in [0, 0.1) is 0 Å². The molecular weight excluding hydrogens is 306 g/mol. The smallest absolute Gasteiger partial charge is 0.253 e. The topological polar surface area (TPSA) is 29.5 Å². The molecule has 0 saturated carbocycles. The Morgan fingerprint density at radius 3 is 2.84 bits per heavy atom. The minimum Gasteiger partial charge on any atom is -0.372 e. The van der Waals surface area contributed by atoms with Gasteiger partial charge in [-0.3, -0.25) is 4.79 Å². The van der Waals surface area contributed by atoms with E-state index in [1.54, 1.807) is 0 Å². The number of fused-ring (bicyclic) bond motifs is 1. The molecule has 2 rings (SSSR count). The van der Waals surface area contributed by atoms with Crippen LogP contribution in [0.25, 0.3) is 0 Å². The molecule has 0 radical (unpaired) electrons. The van der Waals surface area contributed by atoms with Gasteiger partial charge >= 0.3 is 0 Å². The third-order valence-electron chi connectivity index (χ3n) is 3.39. The lowest BCUT2D eigenvalue weighted by molar-refractivity contribution is 0.0764. The summed E-state index contributed by atoms with van der Waals surface area (Å²) in [6.45, 7) is 5.03. The number of carbonyl (C=O) groups is 1. The van der Waals surface area contributed by atoms with Gasteiger partial charge in [-0.1, -0.05) is 35.3 Å². The number of unbranched alkanes of at least 4 members (excludes halogenated alkanes) is 1. The first-order chi connectivity index (χ1) is 9.26. The van der Waals surface area contributed by atoms with E-state index in [4.69, 9.17) is 4.74 Å². The van der Waals surface area contributed by atoms with Crippen molar-refractivity contribution in [1.29, 1.82) is 0 Å². The predicted molar refractivity (Wildman–Crippen MR) is 79.5 cm³/mol. The molecule has 0 aromatic heterocycles. The summed E-state index contributed by atoms with van der Waals surface area (Å²) in [5.74, 6) is 0.127. The van der Waals surface area contributed by atoms with Crippen molar-refractivity contribution >= 4 is 21.8 Å². The minimum atomic E-state index is 0.127. The third-order valence-corrected chi connectivity index (χ3v) is 3.75. The van der Waals surface area contributed by atoms with Crippen LogP contribution in [0.4, 0.5) is 0 Å². The lowest BCUT2D eigenvalue weighted by Crippen LogP contribution is -2.33. The maximum absolute atomic E-state index is 12.5. The van der Waals surface area contributed by atoms with Crippen molar-refractivity contribution in [3.05, 3.63) is 34.9 Å². The van der Waals surface area contributed by atoms with E-state index >= 15 is 0 Å². The molecule has 1 aromatic rings. The second-order valence-corrected chi connectivity index (χ2v) is 5.60. The Labute approximate surface area is 123 Å². The molecule has 1 aliphatic heterocycles. The van der Waals surface area contributed by atoms with Crippen LogP contribution in [0.15, 0.2) is 18.2 Å². The van der Waals surface area contributed by atoms with Gasteiger partial charge in [-0.2, -0.15) is 0 Å². The second-order valence-electron chi connectivity index (χ2n) is 4.81. The molecule has 1 aliphatic rings. The Morgan fingerprint density at radius 2 is 2.11 bits per heavy atom. The summed E-state index contributed by atoms with van der Waals surface area (Å²) in [5, 5.41) is 0.816. The van der Waals surface area contributed by atoms with E-state index in [0.717, 1.165) is 42.4 Å². The number of benzene rings is 1. The van der Waals surface area contributed by atoms with Crippen molar-refractivity contribution in [3.63, 3.8) is 0 Å². The summed E-state index contributed by atoms with van der Waals surface area (Å²) in [7, 11) is 0. The van der Waals surface area contributed by atoms with E-state index in [0.29, 0.717) is 13.2 Å². The molecule has 4 heteroatoms. The van der Waals surface area contributed by atoms with Gasteiger partial charge in [-0.05, 0) is 29.7 Å². The normalized spacial score (nSPS) is 13.4. The molecule has 0 atom stereocenters. The molecule has 0 fully saturated rings. The standard InChI is InChI=1S/C15H20BrNO2/c1-2-3-7-17(8-6-16)15(18)12-4-5-13-10-19-11-14(13)9-12/h4-5,9H,2-3,6-8,10-11H2,1H3. The molecule has 3 nitrogen and oxygen atoms in total. The molecule has 0 spiro atoms. The Hall–Kier alpha value is -0.870. The Bertz CT molecular complexity index is 448. The fourth-order valence-corrected chi connectivity index (χ4v) is 2.68. The van der Waals surface area contributed by atoms with Gasteiger partial charge in [0.1, 0.15) is 0 Å². The number of rotatable bonds is 6. The molecule has 104 valence electrons. The van der Waals surface area contributed by atoms with Gasteiger partial charge in [0.25, 0.3) is 5.91 Å². The fourth-order valence-electron chi connectivity index (χ4n) is 2.25. The van der Waals surface area contributed by atoms with E-state index in [2.05, 4.69) is 22.9 Å². The van der Waals surface area contributed by atoms with E-state index < -0.39 is 0 Å². The van der Waals surface area contributed by atoms with Crippen molar-refractivity contribution in [3.8, 4) is 0 Å². The number of hydrogen-bond acceptors (Lipinski definition) is 2. The zero-order chi connectivity index (χ0) is 13.7. The van der Waals surface area contributed by atoms with Crippen LogP contribution in [0.2, 0.25) is 0 Å².